The molecule has 0 radical (unpaired) electrons. The molecule has 3 aromatic rings. The van der Waals surface area contributed by atoms with Gasteiger partial charge in [-0.15, -0.1) is 10.2 Å². The number of tetrazole rings is 1. The third-order valence-corrected chi connectivity index (χ3v) is 3.29. The number of rotatable bonds is 4. The predicted molar refractivity (Wildman–Crippen MR) is 88.9 cm³/mol. The summed E-state index contributed by atoms with van der Waals surface area (Å²) in [6.07, 6.45) is 3.26. The molecular weight excluding hydrogens is 322 g/mol. The van der Waals surface area contributed by atoms with Gasteiger partial charge in [0.1, 0.15) is 0 Å². The Morgan fingerprint density at radius 2 is 1.92 bits per heavy atom. The number of aromatic nitrogens is 5. The highest BCUT2D eigenvalue weighted by molar-refractivity contribution is 6.39. The van der Waals surface area contributed by atoms with Gasteiger partial charge in [0.15, 0.2) is 0 Å². The van der Waals surface area contributed by atoms with Gasteiger partial charge < -0.3 is 10.6 Å². The van der Waals surface area contributed by atoms with Crippen molar-refractivity contribution in [2.24, 2.45) is 7.05 Å². The molecule has 0 unspecified atom stereocenters. The van der Waals surface area contributed by atoms with Gasteiger partial charge in [-0.2, -0.15) is 4.80 Å². The zero-order valence-corrected chi connectivity index (χ0v) is 13.4. The molecule has 0 aliphatic carbocycles. The predicted octanol–water partition coefficient (Wildman–Crippen LogP) is 0.527. The molecule has 0 spiro atoms. The van der Waals surface area contributed by atoms with Crippen LogP contribution in [0.15, 0.2) is 48.8 Å². The maximum Gasteiger partial charge on any atom is 0.313 e. The van der Waals surface area contributed by atoms with Crippen molar-refractivity contribution in [1.29, 1.82) is 0 Å². The van der Waals surface area contributed by atoms with Crippen LogP contribution < -0.4 is 10.6 Å². The molecule has 0 fully saturated rings. The van der Waals surface area contributed by atoms with Crippen LogP contribution in [0, 0.1) is 0 Å². The van der Waals surface area contributed by atoms with Crippen molar-refractivity contribution >= 4 is 17.5 Å². The van der Waals surface area contributed by atoms with Crippen molar-refractivity contribution in [3.63, 3.8) is 0 Å². The van der Waals surface area contributed by atoms with Crippen LogP contribution in [0.1, 0.15) is 5.56 Å². The zero-order valence-electron chi connectivity index (χ0n) is 13.4. The lowest BCUT2D eigenvalue weighted by Crippen LogP contribution is -2.34. The SMILES string of the molecule is Cn1nnc(-c2ccc(NC(=O)C(=O)NCc3cccnc3)cc2)n1. The Kier molecular flexibility index (Phi) is 4.74. The second kappa shape index (κ2) is 7.30. The van der Waals surface area contributed by atoms with E-state index in [0.717, 1.165) is 11.1 Å². The van der Waals surface area contributed by atoms with E-state index in [1.54, 1.807) is 49.8 Å². The van der Waals surface area contributed by atoms with E-state index >= 15 is 0 Å². The van der Waals surface area contributed by atoms with Crippen LogP contribution in [0.2, 0.25) is 0 Å². The van der Waals surface area contributed by atoms with Crippen LogP contribution in [0.3, 0.4) is 0 Å². The molecule has 3 rings (SSSR count). The second-order valence-electron chi connectivity index (χ2n) is 5.18. The minimum Gasteiger partial charge on any atom is -0.344 e. The lowest BCUT2D eigenvalue weighted by molar-refractivity contribution is -0.136. The number of amides is 2. The van der Waals surface area contributed by atoms with Crippen LogP contribution in [-0.2, 0) is 23.2 Å². The van der Waals surface area contributed by atoms with Crippen LogP contribution in [0.5, 0.6) is 0 Å². The Hall–Kier alpha value is -3.62. The number of carbonyl (C=O) groups is 2. The summed E-state index contributed by atoms with van der Waals surface area (Å²) < 4.78 is 0. The highest BCUT2D eigenvalue weighted by Crippen LogP contribution is 2.16. The number of hydrogen-bond acceptors (Lipinski definition) is 6. The standard InChI is InChI=1S/C16H15N7O2/c1-23-21-14(20-22-23)12-4-6-13(7-5-12)19-16(25)15(24)18-10-11-3-2-8-17-9-11/h2-9H,10H2,1H3,(H,18,24)(H,19,25). The normalized spacial score (nSPS) is 10.3. The van der Waals surface area contributed by atoms with Crippen LogP contribution in [0.4, 0.5) is 5.69 Å². The number of anilines is 1. The van der Waals surface area contributed by atoms with Gasteiger partial charge in [0.2, 0.25) is 5.82 Å². The topological polar surface area (TPSA) is 115 Å². The number of pyridine rings is 1. The van der Waals surface area contributed by atoms with E-state index in [0.29, 0.717) is 11.5 Å². The molecule has 0 saturated heterocycles. The van der Waals surface area contributed by atoms with Gasteiger partial charge >= 0.3 is 11.8 Å². The maximum absolute atomic E-state index is 11.9. The highest BCUT2D eigenvalue weighted by atomic mass is 16.2. The first kappa shape index (κ1) is 16.2. The molecule has 0 atom stereocenters. The molecule has 1 aromatic carbocycles. The number of nitrogens with zero attached hydrogens (tertiary/aromatic N) is 5. The van der Waals surface area contributed by atoms with Crippen molar-refractivity contribution in [2.75, 3.05) is 5.32 Å². The highest BCUT2D eigenvalue weighted by Gasteiger charge is 2.13. The summed E-state index contributed by atoms with van der Waals surface area (Å²) in [5.74, 6) is -0.979. The summed E-state index contributed by atoms with van der Waals surface area (Å²) in [5, 5.41) is 16.8. The van der Waals surface area contributed by atoms with Gasteiger partial charge in [-0.25, -0.2) is 0 Å². The summed E-state index contributed by atoms with van der Waals surface area (Å²) in [5.41, 5.74) is 2.06. The van der Waals surface area contributed by atoms with Gasteiger partial charge in [0.25, 0.3) is 0 Å². The molecule has 0 saturated carbocycles. The lowest BCUT2D eigenvalue weighted by atomic mass is 10.2. The van der Waals surface area contributed by atoms with Gasteiger partial charge in [-0.1, -0.05) is 6.07 Å². The van der Waals surface area contributed by atoms with E-state index < -0.39 is 11.8 Å². The van der Waals surface area contributed by atoms with E-state index in [2.05, 4.69) is 31.0 Å². The average molecular weight is 337 g/mol. The van der Waals surface area contributed by atoms with E-state index in [1.165, 1.54) is 4.80 Å². The molecule has 9 heteroatoms. The molecule has 25 heavy (non-hydrogen) atoms. The van der Waals surface area contributed by atoms with Crippen molar-refractivity contribution < 1.29 is 9.59 Å². The Morgan fingerprint density at radius 1 is 1.12 bits per heavy atom. The number of hydrogen-bond donors (Lipinski definition) is 2. The van der Waals surface area contributed by atoms with E-state index in [1.807, 2.05) is 6.07 Å². The summed E-state index contributed by atoms with van der Waals surface area (Å²) in [7, 11) is 1.68. The zero-order chi connectivity index (χ0) is 17.6. The van der Waals surface area contributed by atoms with E-state index in [9.17, 15) is 9.59 Å². The Morgan fingerprint density at radius 3 is 2.56 bits per heavy atom. The summed E-state index contributed by atoms with van der Waals surface area (Å²) in [6, 6.07) is 10.4. The Bertz CT molecular complexity index is 875. The van der Waals surface area contributed by atoms with E-state index in [4.69, 9.17) is 0 Å². The number of carbonyl (C=O) groups excluding carboxylic acids is 2. The van der Waals surface area contributed by atoms with Gasteiger partial charge in [-0.05, 0) is 41.1 Å². The molecule has 0 aliphatic rings. The maximum atomic E-state index is 11.9. The Balaban J connectivity index is 1.56. The molecule has 126 valence electrons. The van der Waals surface area contributed by atoms with Crippen molar-refractivity contribution in [1.82, 2.24) is 30.5 Å². The summed E-state index contributed by atoms with van der Waals surface area (Å²) in [6.45, 7) is 0.234. The third kappa shape index (κ3) is 4.22. The molecule has 0 bridgehead atoms. The quantitative estimate of drug-likeness (QED) is 0.671. The van der Waals surface area contributed by atoms with Gasteiger partial charge in [-0.3, -0.25) is 14.6 Å². The molecule has 2 aromatic heterocycles. The van der Waals surface area contributed by atoms with Crippen LogP contribution in [0.25, 0.3) is 11.4 Å². The molecular formula is C16H15N7O2. The summed E-state index contributed by atoms with van der Waals surface area (Å²) >= 11 is 0. The smallest absolute Gasteiger partial charge is 0.313 e. The molecule has 0 aliphatic heterocycles. The van der Waals surface area contributed by atoms with Gasteiger partial charge in [0.05, 0.1) is 7.05 Å². The molecule has 2 heterocycles. The van der Waals surface area contributed by atoms with E-state index in [-0.39, 0.29) is 6.54 Å². The fraction of sp³-hybridized carbons (Fsp3) is 0.125. The lowest BCUT2D eigenvalue weighted by Gasteiger charge is -2.07. The first-order valence-electron chi connectivity index (χ1n) is 7.44. The minimum atomic E-state index is -0.741. The monoisotopic (exact) mass is 337 g/mol. The molecule has 2 amide bonds. The van der Waals surface area contributed by atoms with Crippen molar-refractivity contribution in [3.8, 4) is 11.4 Å². The molecule has 2 N–H and O–H groups in total. The first-order valence-corrected chi connectivity index (χ1v) is 7.44. The van der Waals surface area contributed by atoms with Crippen LogP contribution in [-0.4, -0.2) is 37.0 Å². The fourth-order valence-corrected chi connectivity index (χ4v) is 2.06. The van der Waals surface area contributed by atoms with Crippen LogP contribution >= 0.6 is 0 Å². The second-order valence-corrected chi connectivity index (χ2v) is 5.18. The number of benzene rings is 1. The largest absolute Gasteiger partial charge is 0.344 e. The molecule has 9 nitrogen and oxygen atoms in total. The van der Waals surface area contributed by atoms with Crippen molar-refractivity contribution in [2.45, 2.75) is 6.54 Å². The van der Waals surface area contributed by atoms with Gasteiger partial charge in [0, 0.05) is 30.2 Å². The third-order valence-electron chi connectivity index (χ3n) is 3.29. The Labute approximate surface area is 143 Å². The summed E-state index contributed by atoms with van der Waals surface area (Å²) in [4.78, 5) is 29.1. The number of nitrogens with one attached hydrogen (secondary N) is 2. The number of aryl methyl sites for hydroxylation is 1. The van der Waals surface area contributed by atoms with Crippen molar-refractivity contribution in [3.05, 3.63) is 54.4 Å². The fourth-order valence-electron chi connectivity index (χ4n) is 2.06. The average Bonchev–Trinajstić information content (AvgIpc) is 3.07. The first-order chi connectivity index (χ1) is 12.1. The minimum absolute atomic E-state index is 0.234.